The van der Waals surface area contributed by atoms with E-state index in [2.05, 4.69) is 13.8 Å². The summed E-state index contributed by atoms with van der Waals surface area (Å²) in [7, 11) is 0. The molecule has 0 atom stereocenters. The van der Waals surface area contributed by atoms with Gasteiger partial charge in [0.25, 0.3) is 0 Å². The number of rotatable bonds is 3. The molecule has 2 rings (SSSR count). The summed E-state index contributed by atoms with van der Waals surface area (Å²) in [5.41, 5.74) is 3.02. The van der Waals surface area contributed by atoms with Crippen molar-refractivity contribution in [3.63, 3.8) is 0 Å². The predicted octanol–water partition coefficient (Wildman–Crippen LogP) is 6.06. The van der Waals surface area contributed by atoms with Gasteiger partial charge in [-0.05, 0) is 46.7 Å². The van der Waals surface area contributed by atoms with Crippen LogP contribution >= 0.6 is 0 Å². The number of hydrogen-bond acceptors (Lipinski definition) is 0. The van der Waals surface area contributed by atoms with Gasteiger partial charge in [0.05, 0.1) is 5.56 Å². The summed E-state index contributed by atoms with van der Waals surface area (Å²) in [5.74, 6) is 0.409. The summed E-state index contributed by atoms with van der Waals surface area (Å²) in [6.45, 7) is 6.14. The highest BCUT2D eigenvalue weighted by Gasteiger charge is 2.30. The van der Waals surface area contributed by atoms with Crippen LogP contribution in [0, 0.1) is 0 Å². The maximum atomic E-state index is 12.9. The van der Waals surface area contributed by atoms with Crippen LogP contribution in [0.3, 0.4) is 0 Å². The molecule has 0 aromatic heterocycles. The van der Waals surface area contributed by atoms with Gasteiger partial charge in [-0.25, -0.2) is 0 Å². The van der Waals surface area contributed by atoms with E-state index in [0.29, 0.717) is 17.9 Å². The molecule has 0 fully saturated rings. The molecule has 0 bridgehead atoms. The van der Waals surface area contributed by atoms with Gasteiger partial charge in [-0.15, -0.1) is 0 Å². The minimum Gasteiger partial charge on any atom is -0.166 e. The highest BCUT2D eigenvalue weighted by Crippen LogP contribution is 2.34. The molecule has 0 aliphatic carbocycles. The Morgan fingerprint density at radius 2 is 1.57 bits per heavy atom. The second kappa shape index (κ2) is 5.92. The fraction of sp³-hybridized carbons (Fsp3) is 0.333. The van der Waals surface area contributed by atoms with Gasteiger partial charge in [-0.3, -0.25) is 0 Å². The number of hydrogen-bond donors (Lipinski definition) is 0. The van der Waals surface area contributed by atoms with E-state index in [1.54, 1.807) is 6.07 Å². The predicted molar refractivity (Wildman–Crippen MR) is 80.3 cm³/mol. The monoisotopic (exact) mass is 292 g/mol. The fourth-order valence-electron chi connectivity index (χ4n) is 2.38. The van der Waals surface area contributed by atoms with Gasteiger partial charge in [0.15, 0.2) is 0 Å². The summed E-state index contributed by atoms with van der Waals surface area (Å²) in [6.07, 6.45) is -3.60. The Morgan fingerprint density at radius 1 is 0.952 bits per heavy atom. The molecule has 0 amide bonds. The molecule has 0 aliphatic rings. The standard InChI is InChI=1S/C18H19F3/c1-4-13-9-10-16(18(19,20)21)11-17(13)15-7-5-14(6-8-15)12(2)3/h5-12H,4H2,1-3H3. The molecule has 2 aromatic rings. The Hall–Kier alpha value is -1.77. The molecular weight excluding hydrogens is 273 g/mol. The molecule has 0 nitrogen and oxygen atoms in total. The normalized spacial score (nSPS) is 12.0. The third-order valence-electron chi connectivity index (χ3n) is 3.71. The summed E-state index contributed by atoms with van der Waals surface area (Å²) in [4.78, 5) is 0. The van der Waals surface area contributed by atoms with Crippen molar-refractivity contribution < 1.29 is 13.2 Å². The van der Waals surface area contributed by atoms with Crippen LogP contribution in [0.1, 0.15) is 43.4 Å². The highest BCUT2D eigenvalue weighted by molar-refractivity contribution is 5.68. The maximum Gasteiger partial charge on any atom is 0.416 e. The first kappa shape index (κ1) is 15.6. The minimum atomic E-state index is -4.31. The van der Waals surface area contributed by atoms with Crippen molar-refractivity contribution in [2.75, 3.05) is 0 Å². The highest BCUT2D eigenvalue weighted by atomic mass is 19.4. The third-order valence-corrected chi connectivity index (χ3v) is 3.71. The lowest BCUT2D eigenvalue weighted by Gasteiger charge is -2.14. The summed E-state index contributed by atoms with van der Waals surface area (Å²) >= 11 is 0. The lowest BCUT2D eigenvalue weighted by molar-refractivity contribution is -0.137. The van der Waals surface area contributed by atoms with Gasteiger partial charge in [0.2, 0.25) is 0 Å². The Balaban J connectivity index is 2.50. The van der Waals surface area contributed by atoms with Crippen LogP contribution in [0.15, 0.2) is 42.5 Å². The Bertz CT molecular complexity index is 607. The number of benzene rings is 2. The Morgan fingerprint density at radius 3 is 2.05 bits per heavy atom. The zero-order valence-electron chi connectivity index (χ0n) is 12.5. The summed E-state index contributed by atoms with van der Waals surface area (Å²) in [5, 5.41) is 0. The van der Waals surface area contributed by atoms with Crippen LogP contribution in [0.25, 0.3) is 11.1 Å². The quantitative estimate of drug-likeness (QED) is 0.645. The van der Waals surface area contributed by atoms with Crippen LogP contribution in [-0.2, 0) is 12.6 Å². The lowest BCUT2D eigenvalue weighted by Crippen LogP contribution is -2.05. The van der Waals surface area contributed by atoms with Crippen molar-refractivity contribution in [2.24, 2.45) is 0 Å². The molecule has 2 aromatic carbocycles. The second-order valence-electron chi connectivity index (χ2n) is 5.50. The van der Waals surface area contributed by atoms with Gasteiger partial charge >= 0.3 is 6.18 Å². The van der Waals surface area contributed by atoms with Crippen molar-refractivity contribution in [2.45, 2.75) is 39.3 Å². The molecule has 0 N–H and O–H groups in total. The molecule has 3 heteroatoms. The molecule has 0 aliphatic heterocycles. The topological polar surface area (TPSA) is 0 Å². The van der Waals surface area contributed by atoms with Crippen molar-refractivity contribution in [1.29, 1.82) is 0 Å². The minimum absolute atomic E-state index is 0.409. The van der Waals surface area contributed by atoms with Crippen LogP contribution in [-0.4, -0.2) is 0 Å². The van der Waals surface area contributed by atoms with Crippen molar-refractivity contribution in [3.05, 3.63) is 59.2 Å². The van der Waals surface area contributed by atoms with Gasteiger partial charge < -0.3 is 0 Å². The van der Waals surface area contributed by atoms with Gasteiger partial charge in [-0.1, -0.05) is 51.1 Å². The van der Waals surface area contributed by atoms with Gasteiger partial charge in [0.1, 0.15) is 0 Å². The van der Waals surface area contributed by atoms with E-state index >= 15 is 0 Å². The van der Waals surface area contributed by atoms with Gasteiger partial charge in [-0.2, -0.15) is 13.2 Å². The molecule has 21 heavy (non-hydrogen) atoms. The molecule has 0 spiro atoms. The molecule has 0 unspecified atom stereocenters. The van der Waals surface area contributed by atoms with E-state index in [9.17, 15) is 13.2 Å². The van der Waals surface area contributed by atoms with E-state index < -0.39 is 11.7 Å². The molecule has 0 radical (unpaired) electrons. The van der Waals surface area contributed by atoms with Crippen LogP contribution < -0.4 is 0 Å². The van der Waals surface area contributed by atoms with E-state index in [1.807, 2.05) is 31.2 Å². The second-order valence-corrected chi connectivity index (χ2v) is 5.50. The smallest absolute Gasteiger partial charge is 0.166 e. The zero-order valence-corrected chi connectivity index (χ0v) is 12.5. The van der Waals surface area contributed by atoms with Crippen molar-refractivity contribution in [3.8, 4) is 11.1 Å². The molecule has 112 valence electrons. The van der Waals surface area contributed by atoms with Gasteiger partial charge in [0, 0.05) is 0 Å². The van der Waals surface area contributed by atoms with Crippen LogP contribution in [0.5, 0.6) is 0 Å². The number of halogens is 3. The van der Waals surface area contributed by atoms with Crippen molar-refractivity contribution >= 4 is 0 Å². The summed E-state index contributed by atoms with van der Waals surface area (Å²) < 4.78 is 38.7. The van der Waals surface area contributed by atoms with E-state index in [-0.39, 0.29) is 0 Å². The zero-order chi connectivity index (χ0) is 15.6. The van der Waals surface area contributed by atoms with E-state index in [0.717, 1.165) is 17.2 Å². The largest absolute Gasteiger partial charge is 0.416 e. The Labute approximate surface area is 123 Å². The molecule has 0 saturated heterocycles. The fourth-order valence-corrected chi connectivity index (χ4v) is 2.38. The summed E-state index contributed by atoms with van der Waals surface area (Å²) in [6, 6.07) is 11.8. The first-order chi connectivity index (χ1) is 9.82. The third kappa shape index (κ3) is 3.46. The number of alkyl halides is 3. The van der Waals surface area contributed by atoms with E-state index in [1.165, 1.54) is 11.6 Å². The number of aryl methyl sites for hydroxylation is 1. The van der Waals surface area contributed by atoms with Crippen LogP contribution in [0.2, 0.25) is 0 Å². The van der Waals surface area contributed by atoms with E-state index in [4.69, 9.17) is 0 Å². The molecule has 0 saturated carbocycles. The Kier molecular flexibility index (Phi) is 4.40. The first-order valence-electron chi connectivity index (χ1n) is 7.13. The molecular formula is C18H19F3. The first-order valence-corrected chi connectivity index (χ1v) is 7.13. The maximum absolute atomic E-state index is 12.9. The SMILES string of the molecule is CCc1ccc(C(F)(F)F)cc1-c1ccc(C(C)C)cc1. The van der Waals surface area contributed by atoms with Crippen molar-refractivity contribution in [1.82, 2.24) is 0 Å². The van der Waals surface area contributed by atoms with Crippen LogP contribution in [0.4, 0.5) is 13.2 Å². The lowest BCUT2D eigenvalue weighted by atomic mass is 9.93. The average molecular weight is 292 g/mol. The average Bonchev–Trinajstić information content (AvgIpc) is 2.45. The molecule has 0 heterocycles.